The summed E-state index contributed by atoms with van der Waals surface area (Å²) in [6, 6.07) is 10.1. The molecule has 0 aliphatic rings. The predicted molar refractivity (Wildman–Crippen MR) is 99.4 cm³/mol. The monoisotopic (exact) mass is 409 g/mol. The number of halogens is 1. The first-order valence-electron chi connectivity index (χ1n) is 7.47. The van der Waals surface area contributed by atoms with Crippen molar-refractivity contribution in [3.05, 3.63) is 56.2 Å². The minimum absolute atomic E-state index is 0.0172. The van der Waals surface area contributed by atoms with Crippen molar-refractivity contribution in [1.29, 1.82) is 0 Å². The largest absolute Gasteiger partial charge is 0.467 e. The van der Waals surface area contributed by atoms with Crippen molar-refractivity contribution in [2.75, 3.05) is 7.11 Å². The number of methoxy groups -OCH3 is 1. The molecule has 1 atom stereocenters. The number of esters is 1. The number of hydrogen-bond acceptors (Lipinski definition) is 4. The van der Waals surface area contributed by atoms with Crippen LogP contribution in [0, 0.1) is 0 Å². The molecule has 0 aliphatic heterocycles. The normalized spacial score (nSPS) is 12.5. The summed E-state index contributed by atoms with van der Waals surface area (Å²) in [7, 11) is 1.31. The van der Waals surface area contributed by atoms with Crippen LogP contribution in [0.3, 0.4) is 0 Å². The minimum Gasteiger partial charge on any atom is -0.467 e. The molecule has 0 aliphatic carbocycles. The van der Waals surface area contributed by atoms with E-state index in [4.69, 9.17) is 4.74 Å². The standard InChI is InChI=1S/C18H20BrNO3S/c1-18(2,3)14-10-9-13(24-14)16(21)20-15(17(22)23-4)11-5-7-12(19)8-6-11/h5-10,15H,1-4H3,(H,20,21). The van der Waals surface area contributed by atoms with E-state index < -0.39 is 12.0 Å². The van der Waals surface area contributed by atoms with Crippen molar-refractivity contribution >= 4 is 39.1 Å². The quantitative estimate of drug-likeness (QED) is 0.758. The second-order valence-corrected chi connectivity index (χ2v) is 8.39. The molecular formula is C18H20BrNO3S. The predicted octanol–water partition coefficient (Wildman–Crippen LogP) is 4.45. The zero-order chi connectivity index (χ0) is 17.9. The van der Waals surface area contributed by atoms with Gasteiger partial charge in [-0.3, -0.25) is 4.79 Å². The molecule has 24 heavy (non-hydrogen) atoms. The van der Waals surface area contributed by atoms with Gasteiger partial charge in [0.2, 0.25) is 0 Å². The maximum absolute atomic E-state index is 12.5. The molecule has 6 heteroatoms. The first-order valence-corrected chi connectivity index (χ1v) is 9.08. The van der Waals surface area contributed by atoms with Gasteiger partial charge in [-0.15, -0.1) is 11.3 Å². The lowest BCUT2D eigenvalue weighted by molar-refractivity contribution is -0.143. The second kappa shape index (κ2) is 7.49. The van der Waals surface area contributed by atoms with Crippen molar-refractivity contribution in [2.24, 2.45) is 0 Å². The first kappa shape index (κ1) is 18.7. The van der Waals surface area contributed by atoms with E-state index in [0.717, 1.165) is 9.35 Å². The van der Waals surface area contributed by atoms with Crippen LogP contribution in [0.1, 0.15) is 46.9 Å². The molecule has 0 saturated carbocycles. The van der Waals surface area contributed by atoms with Gasteiger partial charge in [-0.05, 0) is 35.2 Å². The number of hydrogen-bond donors (Lipinski definition) is 1. The molecule has 0 radical (unpaired) electrons. The Hall–Kier alpha value is -1.66. The van der Waals surface area contributed by atoms with Gasteiger partial charge < -0.3 is 10.1 Å². The number of ether oxygens (including phenoxy) is 1. The number of carbonyl (C=O) groups is 2. The van der Waals surface area contributed by atoms with E-state index in [1.165, 1.54) is 18.4 Å². The summed E-state index contributed by atoms with van der Waals surface area (Å²) in [4.78, 5) is 26.3. The molecule has 1 N–H and O–H groups in total. The Bertz CT molecular complexity index is 731. The van der Waals surface area contributed by atoms with Gasteiger partial charge in [0, 0.05) is 9.35 Å². The average Bonchev–Trinajstić information content (AvgIpc) is 3.03. The van der Waals surface area contributed by atoms with Crippen LogP contribution in [0.4, 0.5) is 0 Å². The Morgan fingerprint density at radius 3 is 2.25 bits per heavy atom. The number of rotatable bonds is 4. The van der Waals surface area contributed by atoms with Crippen LogP contribution < -0.4 is 5.32 Å². The Labute approximate surface area is 154 Å². The fraction of sp³-hybridized carbons (Fsp3) is 0.333. The molecule has 2 rings (SSSR count). The molecule has 0 saturated heterocycles. The number of benzene rings is 1. The highest BCUT2D eigenvalue weighted by Gasteiger charge is 2.25. The van der Waals surface area contributed by atoms with Gasteiger partial charge >= 0.3 is 5.97 Å². The molecule has 128 valence electrons. The Kier molecular flexibility index (Phi) is 5.83. The summed E-state index contributed by atoms with van der Waals surface area (Å²) >= 11 is 4.79. The zero-order valence-electron chi connectivity index (χ0n) is 14.1. The van der Waals surface area contributed by atoms with E-state index in [-0.39, 0.29) is 11.3 Å². The molecule has 0 bridgehead atoms. The van der Waals surface area contributed by atoms with Gasteiger partial charge in [0.15, 0.2) is 6.04 Å². The summed E-state index contributed by atoms with van der Waals surface area (Å²) in [5.41, 5.74) is 0.655. The van der Waals surface area contributed by atoms with Crippen LogP contribution in [0.25, 0.3) is 0 Å². The van der Waals surface area contributed by atoms with Crippen LogP contribution in [-0.4, -0.2) is 19.0 Å². The zero-order valence-corrected chi connectivity index (χ0v) is 16.5. The molecule has 1 unspecified atom stereocenters. The van der Waals surface area contributed by atoms with Crippen LogP contribution in [0.5, 0.6) is 0 Å². The lowest BCUT2D eigenvalue weighted by Gasteiger charge is -2.17. The molecule has 1 aromatic carbocycles. The van der Waals surface area contributed by atoms with Crippen molar-refractivity contribution in [3.63, 3.8) is 0 Å². The lowest BCUT2D eigenvalue weighted by atomic mass is 9.95. The van der Waals surface area contributed by atoms with Crippen molar-refractivity contribution in [2.45, 2.75) is 32.2 Å². The van der Waals surface area contributed by atoms with Crippen molar-refractivity contribution in [3.8, 4) is 0 Å². The van der Waals surface area contributed by atoms with Crippen molar-refractivity contribution in [1.82, 2.24) is 5.32 Å². The fourth-order valence-corrected chi connectivity index (χ4v) is 3.35. The number of thiophene rings is 1. The van der Waals surface area contributed by atoms with Crippen LogP contribution >= 0.6 is 27.3 Å². The van der Waals surface area contributed by atoms with E-state index in [2.05, 4.69) is 42.0 Å². The van der Waals surface area contributed by atoms with Gasteiger partial charge in [0.05, 0.1) is 12.0 Å². The fourth-order valence-electron chi connectivity index (χ4n) is 2.12. The lowest BCUT2D eigenvalue weighted by Crippen LogP contribution is -2.34. The van der Waals surface area contributed by atoms with Gasteiger partial charge in [0.25, 0.3) is 5.91 Å². The van der Waals surface area contributed by atoms with E-state index in [1.807, 2.05) is 18.2 Å². The maximum Gasteiger partial charge on any atom is 0.333 e. The Morgan fingerprint density at radius 2 is 1.75 bits per heavy atom. The second-order valence-electron chi connectivity index (χ2n) is 6.40. The van der Waals surface area contributed by atoms with Crippen molar-refractivity contribution < 1.29 is 14.3 Å². The van der Waals surface area contributed by atoms with E-state index in [9.17, 15) is 9.59 Å². The van der Waals surface area contributed by atoms with Gasteiger partial charge in [-0.1, -0.05) is 48.8 Å². The van der Waals surface area contributed by atoms with Crippen LogP contribution in [0.2, 0.25) is 0 Å². The number of nitrogens with one attached hydrogen (secondary N) is 1. The smallest absolute Gasteiger partial charge is 0.333 e. The third-order valence-electron chi connectivity index (χ3n) is 3.48. The first-order chi connectivity index (χ1) is 11.2. The molecule has 4 nitrogen and oxygen atoms in total. The summed E-state index contributed by atoms with van der Waals surface area (Å²) in [6.07, 6.45) is 0. The Morgan fingerprint density at radius 1 is 1.12 bits per heavy atom. The topological polar surface area (TPSA) is 55.4 Å². The summed E-state index contributed by atoms with van der Waals surface area (Å²) in [5.74, 6) is -0.785. The minimum atomic E-state index is -0.837. The van der Waals surface area contributed by atoms with Gasteiger partial charge in [-0.2, -0.15) is 0 Å². The molecule has 0 spiro atoms. The number of amides is 1. The SMILES string of the molecule is COC(=O)C(NC(=O)c1ccc(C(C)(C)C)s1)c1ccc(Br)cc1. The van der Waals surface area contributed by atoms with Crippen LogP contribution in [0.15, 0.2) is 40.9 Å². The summed E-state index contributed by atoms with van der Waals surface area (Å²) in [5, 5.41) is 2.77. The molecule has 1 heterocycles. The highest BCUT2D eigenvalue weighted by Crippen LogP contribution is 2.30. The highest BCUT2D eigenvalue weighted by atomic mass is 79.9. The third-order valence-corrected chi connectivity index (χ3v) is 5.52. The average molecular weight is 410 g/mol. The van der Waals surface area contributed by atoms with Crippen LogP contribution in [-0.2, 0) is 14.9 Å². The van der Waals surface area contributed by atoms with Gasteiger partial charge in [0.1, 0.15) is 0 Å². The Balaban J connectivity index is 2.23. The molecule has 1 aromatic heterocycles. The molecular weight excluding hydrogens is 390 g/mol. The van der Waals surface area contributed by atoms with E-state index in [0.29, 0.717) is 10.4 Å². The third kappa shape index (κ3) is 4.45. The van der Waals surface area contributed by atoms with E-state index in [1.54, 1.807) is 18.2 Å². The van der Waals surface area contributed by atoms with Gasteiger partial charge in [-0.25, -0.2) is 4.79 Å². The highest BCUT2D eigenvalue weighted by molar-refractivity contribution is 9.10. The maximum atomic E-state index is 12.5. The van der Waals surface area contributed by atoms with E-state index >= 15 is 0 Å². The molecule has 0 fully saturated rings. The molecule has 1 amide bonds. The summed E-state index contributed by atoms with van der Waals surface area (Å²) < 4.78 is 5.73. The molecule has 2 aromatic rings. The summed E-state index contributed by atoms with van der Waals surface area (Å²) in [6.45, 7) is 6.29. The number of carbonyl (C=O) groups excluding carboxylic acids is 2.